The molecule has 0 aromatic carbocycles. The number of hydrogen-bond acceptors (Lipinski definition) is 4. The number of likely N-dealkylation sites (tertiary alicyclic amines) is 1. The number of aryl methyl sites for hydroxylation is 1. The minimum Gasteiger partial charge on any atom is -0.383 e. The summed E-state index contributed by atoms with van der Waals surface area (Å²) in [7, 11) is 3.60. The van der Waals surface area contributed by atoms with Gasteiger partial charge in [-0.1, -0.05) is 18.6 Å². The van der Waals surface area contributed by atoms with Crippen LogP contribution in [0.4, 0.5) is 0 Å². The molecule has 1 aliphatic heterocycles. The van der Waals surface area contributed by atoms with Gasteiger partial charge in [0.1, 0.15) is 0 Å². The fraction of sp³-hybridized carbons (Fsp3) is 0.714. The fourth-order valence-corrected chi connectivity index (χ4v) is 4.71. The Hall–Kier alpha value is -1.66. The first kappa shape index (κ1) is 20.1. The molecule has 150 valence electrons. The monoisotopic (exact) mass is 374 g/mol. The van der Waals surface area contributed by atoms with E-state index >= 15 is 0 Å². The van der Waals surface area contributed by atoms with Crippen molar-refractivity contribution in [2.45, 2.75) is 39.2 Å². The highest BCUT2D eigenvalue weighted by molar-refractivity contribution is 5.79. The van der Waals surface area contributed by atoms with Crippen LogP contribution in [0.1, 0.15) is 44.7 Å². The van der Waals surface area contributed by atoms with Gasteiger partial charge in [0.25, 0.3) is 0 Å². The molecule has 1 fully saturated rings. The Balaban J connectivity index is 1.66. The van der Waals surface area contributed by atoms with Gasteiger partial charge in [0.2, 0.25) is 5.91 Å². The smallest absolute Gasteiger partial charge is 0.223 e. The lowest BCUT2D eigenvalue weighted by molar-refractivity contribution is -0.129. The molecular weight excluding hydrogens is 340 g/mol. The van der Waals surface area contributed by atoms with Gasteiger partial charge < -0.3 is 15.0 Å². The number of carbonyl (C=O) groups is 1. The molecule has 1 aromatic rings. The Kier molecular flexibility index (Phi) is 6.71. The minimum atomic E-state index is 0.0780. The Morgan fingerprint density at radius 3 is 2.85 bits per heavy atom. The average molecular weight is 375 g/mol. The molecule has 1 aliphatic carbocycles. The van der Waals surface area contributed by atoms with Crippen LogP contribution in [0, 0.1) is 17.8 Å². The van der Waals surface area contributed by atoms with Crippen molar-refractivity contribution in [2.75, 3.05) is 33.4 Å². The maximum Gasteiger partial charge on any atom is 0.223 e. The summed E-state index contributed by atoms with van der Waals surface area (Å²) < 4.78 is 7.04. The molecule has 2 heterocycles. The van der Waals surface area contributed by atoms with Gasteiger partial charge in [0, 0.05) is 57.9 Å². The summed E-state index contributed by atoms with van der Waals surface area (Å²) in [5.74, 6) is 1.81. The number of nitrogens with zero attached hydrogens (tertiary/aromatic N) is 3. The summed E-state index contributed by atoms with van der Waals surface area (Å²) in [5.41, 5.74) is 2.63. The molecule has 4 atom stereocenters. The quantitative estimate of drug-likeness (QED) is 0.711. The summed E-state index contributed by atoms with van der Waals surface area (Å²) in [6.45, 7) is 7.65. The van der Waals surface area contributed by atoms with Crippen LogP contribution in [0.25, 0.3) is 0 Å². The fourth-order valence-electron chi connectivity index (χ4n) is 4.71. The predicted octanol–water partition coefficient (Wildman–Crippen LogP) is 2.54. The summed E-state index contributed by atoms with van der Waals surface area (Å²) in [4.78, 5) is 14.6. The number of allylic oxidation sites excluding steroid dienone is 1. The largest absolute Gasteiger partial charge is 0.383 e. The van der Waals surface area contributed by atoms with Crippen LogP contribution in [0.15, 0.2) is 24.0 Å². The molecule has 3 rings (SSSR count). The third-order valence-electron chi connectivity index (χ3n) is 6.27. The summed E-state index contributed by atoms with van der Waals surface area (Å²) in [6, 6.07) is 0.0780. The van der Waals surface area contributed by atoms with Crippen LogP contribution >= 0.6 is 0 Å². The van der Waals surface area contributed by atoms with Crippen LogP contribution in [0.5, 0.6) is 0 Å². The molecule has 1 saturated heterocycles. The Bertz CT molecular complexity index is 669. The van der Waals surface area contributed by atoms with Gasteiger partial charge >= 0.3 is 0 Å². The highest BCUT2D eigenvalue weighted by Crippen LogP contribution is 2.37. The van der Waals surface area contributed by atoms with E-state index in [-0.39, 0.29) is 17.9 Å². The molecule has 0 bridgehead atoms. The molecule has 0 spiro atoms. The molecule has 0 unspecified atom stereocenters. The maximum absolute atomic E-state index is 12.7. The van der Waals surface area contributed by atoms with Gasteiger partial charge in [-0.2, -0.15) is 5.10 Å². The van der Waals surface area contributed by atoms with Crippen molar-refractivity contribution in [3.8, 4) is 0 Å². The van der Waals surface area contributed by atoms with E-state index in [1.165, 1.54) is 18.4 Å². The number of rotatable bonds is 8. The van der Waals surface area contributed by atoms with E-state index in [1.807, 2.05) is 29.0 Å². The van der Waals surface area contributed by atoms with Gasteiger partial charge in [-0.15, -0.1) is 0 Å². The summed E-state index contributed by atoms with van der Waals surface area (Å²) in [6.07, 6.45) is 9.38. The first-order valence-corrected chi connectivity index (χ1v) is 10.2. The van der Waals surface area contributed by atoms with E-state index in [2.05, 4.69) is 30.3 Å². The van der Waals surface area contributed by atoms with Crippen molar-refractivity contribution < 1.29 is 9.53 Å². The second-order valence-corrected chi connectivity index (χ2v) is 8.20. The van der Waals surface area contributed by atoms with Crippen LogP contribution in [0.3, 0.4) is 0 Å². The first-order valence-electron chi connectivity index (χ1n) is 10.2. The normalized spacial score (nSPS) is 28.7. The zero-order valence-corrected chi connectivity index (χ0v) is 17.1. The summed E-state index contributed by atoms with van der Waals surface area (Å²) >= 11 is 0. The second-order valence-electron chi connectivity index (χ2n) is 8.20. The molecule has 1 N–H and O–H groups in total. The summed E-state index contributed by atoms with van der Waals surface area (Å²) in [5, 5.41) is 8.01. The van der Waals surface area contributed by atoms with E-state index in [0.717, 1.165) is 24.6 Å². The first-order chi connectivity index (χ1) is 13.0. The molecule has 6 nitrogen and oxygen atoms in total. The third kappa shape index (κ3) is 4.61. The van der Waals surface area contributed by atoms with Crippen LogP contribution in [-0.2, 0) is 16.6 Å². The molecule has 2 aliphatic rings. The molecule has 1 aromatic heterocycles. The number of nitrogens with one attached hydrogen (secondary N) is 1. The topological polar surface area (TPSA) is 59.4 Å². The number of hydrogen-bond donors (Lipinski definition) is 1. The molecule has 27 heavy (non-hydrogen) atoms. The second kappa shape index (κ2) is 9.02. The van der Waals surface area contributed by atoms with Crippen LogP contribution < -0.4 is 5.32 Å². The van der Waals surface area contributed by atoms with Crippen molar-refractivity contribution in [1.29, 1.82) is 0 Å². The molecule has 0 saturated carbocycles. The van der Waals surface area contributed by atoms with E-state index in [1.54, 1.807) is 7.11 Å². The van der Waals surface area contributed by atoms with Crippen molar-refractivity contribution in [1.82, 2.24) is 20.0 Å². The average Bonchev–Trinajstić information content (AvgIpc) is 3.18. The Labute approximate surface area is 162 Å². The zero-order chi connectivity index (χ0) is 19.4. The van der Waals surface area contributed by atoms with Crippen LogP contribution in [0.2, 0.25) is 0 Å². The van der Waals surface area contributed by atoms with Crippen molar-refractivity contribution in [3.05, 3.63) is 29.6 Å². The van der Waals surface area contributed by atoms with Gasteiger partial charge in [-0.25, -0.2) is 0 Å². The number of ether oxygens (including phenoxy) is 1. The Morgan fingerprint density at radius 2 is 2.19 bits per heavy atom. The standard InChI is InChI=1S/C21H34N4O2/c1-15-6-5-7-16(2)19(15)13-22-11-17-10-20(26)25(8-9-27-4)21(17)18-12-23-24(3)14-18/h6,12,14,16-17,19,21-22H,5,7-11,13H2,1-4H3/t16-,17-,19+,21+/m0/s1. The van der Waals surface area contributed by atoms with Crippen molar-refractivity contribution in [3.63, 3.8) is 0 Å². The molecule has 0 radical (unpaired) electrons. The lowest BCUT2D eigenvalue weighted by Gasteiger charge is -2.31. The van der Waals surface area contributed by atoms with Crippen molar-refractivity contribution in [2.24, 2.45) is 24.8 Å². The SMILES string of the molecule is COCCN1C(=O)C[C@@H](CNC[C@@H]2C(C)=CCC[C@@H]2C)[C@@H]1c1cnn(C)c1. The van der Waals surface area contributed by atoms with E-state index < -0.39 is 0 Å². The van der Waals surface area contributed by atoms with Crippen molar-refractivity contribution >= 4 is 5.91 Å². The maximum atomic E-state index is 12.7. The van der Waals surface area contributed by atoms with Crippen LogP contribution in [-0.4, -0.2) is 53.9 Å². The van der Waals surface area contributed by atoms with Gasteiger partial charge in [0.15, 0.2) is 0 Å². The van der Waals surface area contributed by atoms with E-state index in [4.69, 9.17) is 4.74 Å². The molecular formula is C21H34N4O2. The predicted molar refractivity (Wildman–Crippen MR) is 106 cm³/mol. The highest BCUT2D eigenvalue weighted by Gasteiger charge is 2.40. The van der Waals surface area contributed by atoms with Gasteiger partial charge in [-0.3, -0.25) is 9.48 Å². The lowest BCUT2D eigenvalue weighted by atomic mass is 9.80. The number of aromatic nitrogens is 2. The number of methoxy groups -OCH3 is 1. The lowest BCUT2D eigenvalue weighted by Crippen LogP contribution is -2.36. The number of carbonyl (C=O) groups excluding carboxylic acids is 1. The van der Waals surface area contributed by atoms with Gasteiger partial charge in [0.05, 0.1) is 18.8 Å². The minimum absolute atomic E-state index is 0.0780. The third-order valence-corrected chi connectivity index (χ3v) is 6.27. The molecule has 6 heteroatoms. The van der Waals surface area contributed by atoms with E-state index in [9.17, 15) is 4.79 Å². The number of amides is 1. The zero-order valence-electron chi connectivity index (χ0n) is 17.1. The molecule has 1 amide bonds. The Morgan fingerprint density at radius 1 is 1.37 bits per heavy atom. The van der Waals surface area contributed by atoms with E-state index in [0.29, 0.717) is 25.5 Å². The van der Waals surface area contributed by atoms with Gasteiger partial charge in [-0.05, 0) is 31.6 Å². The highest BCUT2D eigenvalue weighted by atomic mass is 16.5.